The van der Waals surface area contributed by atoms with Crippen LogP contribution in [0.5, 0.6) is 0 Å². The topological polar surface area (TPSA) is 63.4 Å². The van der Waals surface area contributed by atoms with Crippen molar-refractivity contribution in [2.45, 2.75) is 12.8 Å². The summed E-state index contributed by atoms with van der Waals surface area (Å²) in [6, 6.07) is 14.1. The molecule has 0 atom stereocenters. The Kier molecular flexibility index (Phi) is 3.03. The van der Waals surface area contributed by atoms with Gasteiger partial charge in [0.1, 0.15) is 18.4 Å². The van der Waals surface area contributed by atoms with E-state index in [4.69, 9.17) is 4.98 Å². The summed E-state index contributed by atoms with van der Waals surface area (Å²) in [6.45, 7) is 0.902. The molecule has 0 saturated heterocycles. The van der Waals surface area contributed by atoms with E-state index in [1.807, 2.05) is 22.6 Å². The number of fused-ring (bicyclic) bond motifs is 4. The fourth-order valence-electron chi connectivity index (χ4n) is 3.60. The molecule has 4 aromatic rings. The molecule has 1 aliphatic rings. The molecule has 0 amide bonds. The third-order valence-corrected chi connectivity index (χ3v) is 4.76. The van der Waals surface area contributed by atoms with Gasteiger partial charge in [-0.05, 0) is 36.6 Å². The van der Waals surface area contributed by atoms with Gasteiger partial charge >= 0.3 is 0 Å². The molecule has 2 aromatic heterocycles. The lowest BCUT2D eigenvalue weighted by Crippen LogP contribution is -2.25. The Balaban J connectivity index is 1.83. The van der Waals surface area contributed by atoms with E-state index in [0.29, 0.717) is 11.3 Å². The van der Waals surface area contributed by atoms with Gasteiger partial charge in [0.15, 0.2) is 0 Å². The fraction of sp³-hybridized carbons (Fsp3) is 0.158. The van der Waals surface area contributed by atoms with Gasteiger partial charge in [0.05, 0.1) is 5.52 Å². The third-order valence-electron chi connectivity index (χ3n) is 4.76. The minimum absolute atomic E-state index is 0.536. The summed E-state index contributed by atoms with van der Waals surface area (Å²) in [4.78, 5) is 18.2. The average Bonchev–Trinajstić information content (AvgIpc) is 3.15. The van der Waals surface area contributed by atoms with E-state index in [-0.39, 0.29) is 0 Å². The highest BCUT2D eigenvalue weighted by atomic mass is 16.1. The molecule has 5 rings (SSSR count). The van der Waals surface area contributed by atoms with Crippen LogP contribution in [0.3, 0.4) is 0 Å². The molecular weight excluding hydrogens is 314 g/mol. The lowest BCUT2D eigenvalue weighted by Gasteiger charge is -2.31. The first kappa shape index (κ1) is 14.1. The van der Waals surface area contributed by atoms with Crippen molar-refractivity contribution in [2.75, 3.05) is 11.4 Å². The number of hydrogen-bond donors (Lipinski definition) is 0. The van der Waals surface area contributed by atoms with Crippen LogP contribution in [-0.2, 0) is 6.42 Å². The Hall–Kier alpha value is -3.28. The fourth-order valence-corrected chi connectivity index (χ4v) is 3.60. The van der Waals surface area contributed by atoms with E-state index in [1.165, 1.54) is 11.3 Å². The van der Waals surface area contributed by atoms with Crippen molar-refractivity contribution in [3.8, 4) is 0 Å². The Morgan fingerprint density at radius 3 is 2.96 bits per heavy atom. The number of carbonyl (C=O) groups excluding carboxylic acids is 1. The summed E-state index contributed by atoms with van der Waals surface area (Å²) in [5.74, 6) is 1.40. The summed E-state index contributed by atoms with van der Waals surface area (Å²) < 4.78 is 1.82. The molecule has 0 bridgehead atoms. The zero-order valence-electron chi connectivity index (χ0n) is 13.5. The second-order valence-electron chi connectivity index (χ2n) is 6.21. The smallest absolute Gasteiger partial charge is 0.257 e. The van der Waals surface area contributed by atoms with Crippen molar-refractivity contribution in [2.24, 2.45) is 0 Å². The Morgan fingerprint density at radius 2 is 2.04 bits per heavy atom. The van der Waals surface area contributed by atoms with Gasteiger partial charge in [-0.15, -0.1) is 10.2 Å². The molecule has 0 aliphatic carbocycles. The first-order valence-corrected chi connectivity index (χ1v) is 8.29. The summed E-state index contributed by atoms with van der Waals surface area (Å²) in [5.41, 5.74) is 4.02. The molecule has 0 radical (unpaired) electrons. The van der Waals surface area contributed by atoms with Gasteiger partial charge in [0, 0.05) is 23.2 Å². The van der Waals surface area contributed by atoms with E-state index in [0.717, 1.165) is 42.4 Å². The zero-order chi connectivity index (χ0) is 16.8. The molecule has 0 spiro atoms. The van der Waals surface area contributed by atoms with Crippen LogP contribution in [0.1, 0.15) is 22.3 Å². The second kappa shape index (κ2) is 5.37. The molecule has 0 saturated carbocycles. The predicted octanol–water partition coefficient (Wildman–Crippen LogP) is 3.17. The van der Waals surface area contributed by atoms with Crippen LogP contribution in [0.15, 0.2) is 48.8 Å². The standard InChI is InChI=1S/C19H15N5O/c25-11-13-7-8-15-17(10-13)24-12-20-22-19(24)21-18(15)23-9-3-5-14-4-1-2-6-16(14)23/h1-2,4,6-8,10-12H,3,5,9H2. The monoisotopic (exact) mass is 329 g/mol. The minimum Gasteiger partial charge on any atom is -0.325 e. The van der Waals surface area contributed by atoms with Crippen LogP contribution in [0.4, 0.5) is 11.5 Å². The van der Waals surface area contributed by atoms with Gasteiger partial charge in [0.2, 0.25) is 0 Å². The molecule has 0 fully saturated rings. The average molecular weight is 329 g/mol. The Morgan fingerprint density at radius 1 is 1.12 bits per heavy atom. The van der Waals surface area contributed by atoms with Crippen LogP contribution >= 0.6 is 0 Å². The Labute approximate surface area is 143 Å². The van der Waals surface area contributed by atoms with Gasteiger partial charge in [-0.2, -0.15) is 4.98 Å². The maximum Gasteiger partial charge on any atom is 0.257 e. The number of hydrogen-bond acceptors (Lipinski definition) is 5. The highest BCUT2D eigenvalue weighted by molar-refractivity contribution is 5.96. The van der Waals surface area contributed by atoms with E-state index >= 15 is 0 Å². The van der Waals surface area contributed by atoms with Gasteiger partial charge in [-0.25, -0.2) is 0 Å². The van der Waals surface area contributed by atoms with Crippen molar-refractivity contribution in [1.82, 2.24) is 19.6 Å². The number of aldehydes is 1. The molecule has 0 unspecified atom stereocenters. The largest absolute Gasteiger partial charge is 0.325 e. The third kappa shape index (κ3) is 2.11. The molecule has 122 valence electrons. The summed E-state index contributed by atoms with van der Waals surface area (Å²) in [5, 5.41) is 9.08. The summed E-state index contributed by atoms with van der Waals surface area (Å²) in [6.07, 6.45) is 4.64. The lowest BCUT2D eigenvalue weighted by atomic mass is 10.0. The predicted molar refractivity (Wildman–Crippen MR) is 95.4 cm³/mol. The normalized spacial score (nSPS) is 14.0. The van der Waals surface area contributed by atoms with Crippen LogP contribution in [0.2, 0.25) is 0 Å². The zero-order valence-corrected chi connectivity index (χ0v) is 13.5. The number of benzene rings is 2. The number of para-hydroxylation sites is 1. The van der Waals surface area contributed by atoms with Crippen molar-refractivity contribution >= 4 is 34.5 Å². The van der Waals surface area contributed by atoms with Gasteiger partial charge in [0.25, 0.3) is 5.78 Å². The number of nitrogens with zero attached hydrogens (tertiary/aromatic N) is 5. The number of carbonyl (C=O) groups is 1. The SMILES string of the molecule is O=Cc1ccc2c(N3CCCc4ccccc43)nc3nncn3c2c1. The number of anilines is 2. The molecular formula is C19H15N5O. The van der Waals surface area contributed by atoms with Crippen molar-refractivity contribution in [1.29, 1.82) is 0 Å². The van der Waals surface area contributed by atoms with E-state index in [9.17, 15) is 4.79 Å². The van der Waals surface area contributed by atoms with E-state index in [1.54, 1.807) is 6.33 Å². The summed E-state index contributed by atoms with van der Waals surface area (Å²) in [7, 11) is 0. The number of aryl methyl sites for hydroxylation is 1. The van der Waals surface area contributed by atoms with Crippen molar-refractivity contribution in [3.05, 3.63) is 59.9 Å². The molecule has 6 heteroatoms. The van der Waals surface area contributed by atoms with Crippen LogP contribution in [0.25, 0.3) is 16.7 Å². The first-order chi connectivity index (χ1) is 12.3. The van der Waals surface area contributed by atoms with E-state index < -0.39 is 0 Å². The maximum atomic E-state index is 11.2. The molecule has 6 nitrogen and oxygen atoms in total. The second-order valence-corrected chi connectivity index (χ2v) is 6.21. The quantitative estimate of drug-likeness (QED) is 0.529. The van der Waals surface area contributed by atoms with Gasteiger partial charge in [-0.3, -0.25) is 9.20 Å². The van der Waals surface area contributed by atoms with Crippen LogP contribution < -0.4 is 4.90 Å². The molecule has 1 aliphatic heterocycles. The van der Waals surface area contributed by atoms with Crippen LogP contribution in [0, 0.1) is 0 Å². The minimum atomic E-state index is 0.536. The molecule has 0 N–H and O–H groups in total. The molecule has 2 aromatic carbocycles. The van der Waals surface area contributed by atoms with Crippen LogP contribution in [-0.4, -0.2) is 32.4 Å². The van der Waals surface area contributed by atoms with Gasteiger partial charge in [-0.1, -0.05) is 24.3 Å². The lowest BCUT2D eigenvalue weighted by molar-refractivity contribution is 0.112. The molecule has 3 heterocycles. The number of rotatable bonds is 2. The maximum absolute atomic E-state index is 11.2. The Bertz CT molecular complexity index is 1120. The highest BCUT2D eigenvalue weighted by Crippen LogP contribution is 2.36. The van der Waals surface area contributed by atoms with Gasteiger partial charge < -0.3 is 4.90 Å². The molecule has 25 heavy (non-hydrogen) atoms. The number of aromatic nitrogens is 4. The van der Waals surface area contributed by atoms with Crippen molar-refractivity contribution in [3.63, 3.8) is 0 Å². The highest BCUT2D eigenvalue weighted by Gasteiger charge is 2.22. The first-order valence-electron chi connectivity index (χ1n) is 8.29. The summed E-state index contributed by atoms with van der Waals surface area (Å²) >= 11 is 0. The van der Waals surface area contributed by atoms with E-state index in [2.05, 4.69) is 39.4 Å². The van der Waals surface area contributed by atoms with Crippen molar-refractivity contribution < 1.29 is 4.79 Å².